The van der Waals surface area contributed by atoms with Gasteiger partial charge in [-0.2, -0.15) is 0 Å². The maximum Gasteiger partial charge on any atom is 0.338 e. The Morgan fingerprint density at radius 1 is 1.29 bits per heavy atom. The van der Waals surface area contributed by atoms with Gasteiger partial charge in [0.1, 0.15) is 5.75 Å². The van der Waals surface area contributed by atoms with Gasteiger partial charge in [0.2, 0.25) is 0 Å². The van der Waals surface area contributed by atoms with Crippen LogP contribution in [-0.2, 0) is 0 Å². The number of hydrogen-bond donors (Lipinski definition) is 2. The van der Waals surface area contributed by atoms with E-state index in [0.717, 1.165) is 6.20 Å². The maximum atomic E-state index is 12.1. The van der Waals surface area contributed by atoms with Crippen molar-refractivity contribution >= 4 is 29.2 Å². The zero-order chi connectivity index (χ0) is 15.4. The van der Waals surface area contributed by atoms with Gasteiger partial charge in [0, 0.05) is 18.1 Å². The number of methoxy groups -OCH3 is 1. The third-order valence-electron chi connectivity index (χ3n) is 2.71. The minimum Gasteiger partial charge on any atom is -0.495 e. The van der Waals surface area contributed by atoms with Crippen molar-refractivity contribution in [2.45, 2.75) is 0 Å². The minimum atomic E-state index is -1.22. The van der Waals surface area contributed by atoms with Crippen molar-refractivity contribution in [3.05, 3.63) is 52.8 Å². The molecule has 21 heavy (non-hydrogen) atoms. The Labute approximate surface area is 125 Å². The van der Waals surface area contributed by atoms with E-state index < -0.39 is 11.9 Å². The summed E-state index contributed by atoms with van der Waals surface area (Å²) in [7, 11) is 1.48. The molecule has 1 aromatic carbocycles. The fourth-order valence-electron chi connectivity index (χ4n) is 1.71. The number of hydrogen-bond acceptors (Lipinski definition) is 4. The Morgan fingerprint density at radius 3 is 2.67 bits per heavy atom. The van der Waals surface area contributed by atoms with Crippen LogP contribution in [0.5, 0.6) is 5.75 Å². The quantitative estimate of drug-likeness (QED) is 0.906. The summed E-state index contributed by atoms with van der Waals surface area (Å²) in [4.78, 5) is 26.9. The third-order valence-corrected chi connectivity index (χ3v) is 3.00. The minimum absolute atomic E-state index is 0.0180. The van der Waals surface area contributed by atoms with Gasteiger partial charge in [-0.15, -0.1) is 0 Å². The summed E-state index contributed by atoms with van der Waals surface area (Å²) in [6, 6.07) is 6.05. The number of carbonyl (C=O) groups is 2. The highest BCUT2D eigenvalue weighted by atomic mass is 35.5. The molecule has 0 saturated heterocycles. The van der Waals surface area contributed by atoms with E-state index in [9.17, 15) is 9.59 Å². The predicted molar refractivity (Wildman–Crippen MR) is 77.2 cm³/mol. The summed E-state index contributed by atoms with van der Waals surface area (Å²) in [6.45, 7) is 0. The number of pyridine rings is 1. The number of aromatic carboxylic acids is 1. The number of anilines is 1. The Bertz CT molecular complexity index is 703. The van der Waals surface area contributed by atoms with Crippen LogP contribution in [0.15, 0.2) is 36.7 Å². The first-order chi connectivity index (χ1) is 10.0. The molecule has 108 valence electrons. The number of halogens is 1. The molecule has 0 spiro atoms. The van der Waals surface area contributed by atoms with Crippen molar-refractivity contribution in [1.29, 1.82) is 0 Å². The maximum absolute atomic E-state index is 12.1. The lowest BCUT2D eigenvalue weighted by molar-refractivity contribution is 0.0692. The van der Waals surface area contributed by atoms with Gasteiger partial charge in [0.25, 0.3) is 5.91 Å². The van der Waals surface area contributed by atoms with Crippen molar-refractivity contribution < 1.29 is 19.4 Å². The van der Waals surface area contributed by atoms with Gasteiger partial charge in [-0.1, -0.05) is 11.6 Å². The lowest BCUT2D eigenvalue weighted by Crippen LogP contribution is -2.16. The molecule has 0 aliphatic heterocycles. The van der Waals surface area contributed by atoms with Gasteiger partial charge < -0.3 is 15.2 Å². The first kappa shape index (κ1) is 14.8. The van der Waals surface area contributed by atoms with Crippen molar-refractivity contribution in [1.82, 2.24) is 4.98 Å². The fourth-order valence-corrected chi connectivity index (χ4v) is 1.96. The standard InChI is InChI=1S/C14H11ClN2O4/c1-21-12-3-2-8(6-11(12)15)17-13(18)9-4-5-16-7-10(9)14(19)20/h2-7H,1H3,(H,17,18)(H,19,20). The number of amides is 1. The molecule has 0 aliphatic carbocycles. The number of aromatic nitrogens is 1. The van der Waals surface area contributed by atoms with E-state index in [1.807, 2.05) is 0 Å². The topological polar surface area (TPSA) is 88.5 Å². The molecular weight excluding hydrogens is 296 g/mol. The Kier molecular flexibility index (Phi) is 4.39. The molecule has 2 rings (SSSR count). The third kappa shape index (κ3) is 3.29. The number of ether oxygens (including phenoxy) is 1. The lowest BCUT2D eigenvalue weighted by Gasteiger charge is -2.09. The zero-order valence-corrected chi connectivity index (χ0v) is 11.7. The highest BCUT2D eigenvalue weighted by Gasteiger charge is 2.16. The highest BCUT2D eigenvalue weighted by Crippen LogP contribution is 2.27. The molecule has 1 aromatic heterocycles. The number of carboxylic acid groups (broad SMARTS) is 1. The summed E-state index contributed by atoms with van der Waals surface area (Å²) >= 11 is 5.96. The zero-order valence-electron chi connectivity index (χ0n) is 11.0. The Hall–Kier alpha value is -2.60. The molecule has 2 N–H and O–H groups in total. The van der Waals surface area contributed by atoms with Crippen molar-refractivity contribution in [3.8, 4) is 5.75 Å². The number of rotatable bonds is 4. The van der Waals surface area contributed by atoms with Crippen molar-refractivity contribution in [2.75, 3.05) is 12.4 Å². The molecule has 0 bridgehead atoms. The van der Waals surface area contributed by atoms with Crippen LogP contribution in [0.2, 0.25) is 5.02 Å². The molecule has 1 amide bonds. The van der Waals surface area contributed by atoms with Crippen LogP contribution in [0.1, 0.15) is 20.7 Å². The molecule has 0 fully saturated rings. The molecule has 7 heteroatoms. The summed E-state index contributed by atoms with van der Waals surface area (Å²) in [5.41, 5.74) is 0.276. The number of nitrogens with one attached hydrogen (secondary N) is 1. The monoisotopic (exact) mass is 306 g/mol. The number of carboxylic acids is 1. The summed E-state index contributed by atoms with van der Waals surface area (Å²) in [5.74, 6) is -1.30. The number of benzene rings is 1. The second kappa shape index (κ2) is 6.23. The molecular formula is C14H11ClN2O4. The van der Waals surface area contributed by atoms with Gasteiger partial charge in [-0.05, 0) is 24.3 Å². The van der Waals surface area contributed by atoms with E-state index in [-0.39, 0.29) is 11.1 Å². The van der Waals surface area contributed by atoms with Gasteiger partial charge >= 0.3 is 5.97 Å². The molecule has 0 unspecified atom stereocenters. The van der Waals surface area contributed by atoms with E-state index in [2.05, 4.69) is 10.3 Å². The van der Waals surface area contributed by atoms with Gasteiger partial charge in [-0.3, -0.25) is 9.78 Å². The number of carbonyl (C=O) groups excluding carboxylic acids is 1. The average molecular weight is 307 g/mol. The van der Waals surface area contributed by atoms with Crippen LogP contribution in [0, 0.1) is 0 Å². The van der Waals surface area contributed by atoms with Crippen LogP contribution in [0.25, 0.3) is 0 Å². The largest absolute Gasteiger partial charge is 0.495 e. The Morgan fingerprint density at radius 2 is 2.05 bits per heavy atom. The second-order valence-electron chi connectivity index (χ2n) is 4.03. The van der Waals surface area contributed by atoms with E-state index in [1.54, 1.807) is 12.1 Å². The summed E-state index contributed by atoms with van der Waals surface area (Å²) < 4.78 is 5.01. The molecule has 0 aliphatic rings. The average Bonchev–Trinajstić information content (AvgIpc) is 2.47. The van der Waals surface area contributed by atoms with Crippen LogP contribution in [0.3, 0.4) is 0 Å². The van der Waals surface area contributed by atoms with E-state index in [0.29, 0.717) is 16.5 Å². The summed E-state index contributed by atoms with van der Waals surface area (Å²) in [5, 5.41) is 11.9. The normalized spacial score (nSPS) is 10.0. The second-order valence-corrected chi connectivity index (χ2v) is 4.44. The molecule has 6 nitrogen and oxygen atoms in total. The van der Waals surface area contributed by atoms with E-state index >= 15 is 0 Å². The highest BCUT2D eigenvalue weighted by molar-refractivity contribution is 6.32. The van der Waals surface area contributed by atoms with Gasteiger partial charge in [0.05, 0.1) is 23.3 Å². The first-order valence-electron chi connectivity index (χ1n) is 5.85. The summed E-state index contributed by atoms with van der Waals surface area (Å²) in [6.07, 6.45) is 2.47. The van der Waals surface area contributed by atoms with Crippen LogP contribution < -0.4 is 10.1 Å². The van der Waals surface area contributed by atoms with Gasteiger partial charge in [-0.25, -0.2) is 4.79 Å². The fraction of sp³-hybridized carbons (Fsp3) is 0.0714. The molecule has 2 aromatic rings. The van der Waals surface area contributed by atoms with Crippen LogP contribution in [0.4, 0.5) is 5.69 Å². The van der Waals surface area contributed by atoms with Crippen molar-refractivity contribution in [2.24, 2.45) is 0 Å². The predicted octanol–water partition coefficient (Wildman–Crippen LogP) is 2.69. The van der Waals surface area contributed by atoms with Crippen LogP contribution >= 0.6 is 11.6 Å². The number of nitrogens with zero attached hydrogens (tertiary/aromatic N) is 1. The van der Waals surface area contributed by atoms with E-state index in [4.69, 9.17) is 21.4 Å². The van der Waals surface area contributed by atoms with E-state index in [1.165, 1.54) is 25.4 Å². The lowest BCUT2D eigenvalue weighted by atomic mass is 10.1. The van der Waals surface area contributed by atoms with Crippen LogP contribution in [-0.4, -0.2) is 29.1 Å². The van der Waals surface area contributed by atoms with Crippen molar-refractivity contribution in [3.63, 3.8) is 0 Å². The SMILES string of the molecule is COc1ccc(NC(=O)c2ccncc2C(=O)O)cc1Cl. The van der Waals surface area contributed by atoms with Gasteiger partial charge in [0.15, 0.2) is 0 Å². The molecule has 0 atom stereocenters. The molecule has 1 heterocycles. The molecule has 0 radical (unpaired) electrons. The smallest absolute Gasteiger partial charge is 0.338 e. The Balaban J connectivity index is 2.26. The molecule has 0 saturated carbocycles. The first-order valence-corrected chi connectivity index (χ1v) is 6.23.